The fraction of sp³-hybridized carbons (Fsp3) is 0.350. The highest BCUT2D eigenvalue weighted by Crippen LogP contribution is 2.29. The lowest BCUT2D eigenvalue weighted by atomic mass is 10.3. The molecule has 0 aliphatic rings. The molecule has 0 aliphatic carbocycles. The molecule has 8 nitrogen and oxygen atoms in total. The summed E-state index contributed by atoms with van der Waals surface area (Å²) in [5.41, 5.74) is 0.395. The van der Waals surface area contributed by atoms with Crippen molar-refractivity contribution < 1.29 is 22.7 Å². The van der Waals surface area contributed by atoms with E-state index in [-0.39, 0.29) is 34.7 Å². The van der Waals surface area contributed by atoms with Gasteiger partial charge in [0.2, 0.25) is 0 Å². The molecule has 182 valence electrons. The lowest BCUT2D eigenvalue weighted by Crippen LogP contribution is -2.44. The van der Waals surface area contributed by atoms with Crippen LogP contribution in [0.2, 0.25) is 5.15 Å². The summed E-state index contributed by atoms with van der Waals surface area (Å²) in [6.07, 6.45) is 0.113. The van der Waals surface area contributed by atoms with Gasteiger partial charge in [0.25, 0.3) is 5.91 Å². The van der Waals surface area contributed by atoms with Crippen molar-refractivity contribution in [2.45, 2.75) is 32.4 Å². The third kappa shape index (κ3) is 7.26. The van der Waals surface area contributed by atoms with Crippen molar-refractivity contribution in [3.63, 3.8) is 0 Å². The Balaban J connectivity index is 1.80. The fourth-order valence-electron chi connectivity index (χ4n) is 2.76. The molecule has 0 spiro atoms. The number of aromatic nitrogens is 4. The zero-order valence-electron chi connectivity index (χ0n) is 17.8. The molecule has 1 amide bonds. The zero-order chi connectivity index (χ0) is 24.7. The smallest absolute Gasteiger partial charge is 0.351 e. The number of hydrogen-bond acceptors (Lipinski definition) is 8. The molecule has 3 aromatic rings. The molecule has 0 aliphatic heterocycles. The van der Waals surface area contributed by atoms with Gasteiger partial charge >= 0.3 is 6.18 Å². The van der Waals surface area contributed by atoms with Crippen LogP contribution in [0.15, 0.2) is 42.3 Å². The number of hydrogen-bond donors (Lipinski definition) is 1. The Hall–Kier alpha value is -2.48. The molecule has 0 aromatic carbocycles. The Bertz CT molecular complexity index is 1100. The van der Waals surface area contributed by atoms with Crippen molar-refractivity contribution in [2.75, 3.05) is 16.4 Å². The number of halogens is 4. The number of nitrogens with one attached hydrogen (secondary N) is 1. The van der Waals surface area contributed by atoms with Crippen molar-refractivity contribution >= 4 is 52.0 Å². The molecule has 3 aromatic heterocycles. The summed E-state index contributed by atoms with van der Waals surface area (Å²) < 4.78 is 44.4. The second-order valence-electron chi connectivity index (χ2n) is 6.87. The van der Waals surface area contributed by atoms with E-state index in [0.717, 1.165) is 11.8 Å². The minimum atomic E-state index is -4.29. The number of thioether (sulfide) groups is 1. The Morgan fingerprint density at radius 3 is 2.85 bits per heavy atom. The highest BCUT2D eigenvalue weighted by Gasteiger charge is 2.31. The summed E-state index contributed by atoms with van der Waals surface area (Å²) in [7, 11) is 0. The predicted molar refractivity (Wildman–Crippen MR) is 126 cm³/mol. The topological polar surface area (TPSA) is 97.0 Å². The van der Waals surface area contributed by atoms with Gasteiger partial charge in [-0.05, 0) is 19.1 Å². The fourth-order valence-corrected chi connectivity index (χ4v) is 4.36. The Labute approximate surface area is 206 Å². The average molecular weight is 533 g/mol. The van der Waals surface area contributed by atoms with E-state index in [2.05, 4.69) is 15.1 Å². The second-order valence-corrected chi connectivity index (χ2v) is 9.31. The summed E-state index contributed by atoms with van der Waals surface area (Å²) in [4.78, 5) is 22.5. The van der Waals surface area contributed by atoms with E-state index in [9.17, 15) is 18.0 Å². The summed E-state index contributed by atoms with van der Waals surface area (Å²) >= 11 is 8.58. The Morgan fingerprint density at radius 2 is 2.21 bits per heavy atom. The van der Waals surface area contributed by atoms with Crippen LogP contribution in [0.25, 0.3) is 5.69 Å². The van der Waals surface area contributed by atoms with Gasteiger partial charge in [0, 0.05) is 29.3 Å². The molecule has 0 saturated carbocycles. The monoisotopic (exact) mass is 532 g/mol. The minimum Gasteiger partial charge on any atom is -0.351 e. The standard InChI is InChI=1S/C20H20ClF3N6O2S2/c1-13(32-11-17-27-6-8-34-17)30(19(31)15(25)12-33-7-4-20(22,23)24)16-10-29(28-18(16)21)14-3-2-5-26-9-14/h2-3,5-6,8-10,13,25H,4,7,11-12H2,1H3. The van der Waals surface area contributed by atoms with Crippen molar-refractivity contribution in [3.8, 4) is 5.69 Å². The van der Waals surface area contributed by atoms with Gasteiger partial charge in [0.15, 0.2) is 5.15 Å². The van der Waals surface area contributed by atoms with Crippen LogP contribution in [0.5, 0.6) is 0 Å². The average Bonchev–Trinajstić information content (AvgIpc) is 3.45. The summed E-state index contributed by atoms with van der Waals surface area (Å²) in [6, 6.07) is 3.45. The van der Waals surface area contributed by atoms with Crippen LogP contribution in [-0.4, -0.2) is 55.3 Å². The first-order valence-corrected chi connectivity index (χ1v) is 12.3. The van der Waals surface area contributed by atoms with Crippen molar-refractivity contribution in [3.05, 3.63) is 52.5 Å². The van der Waals surface area contributed by atoms with Crippen LogP contribution < -0.4 is 4.90 Å². The maximum absolute atomic E-state index is 13.2. The van der Waals surface area contributed by atoms with Gasteiger partial charge in [-0.2, -0.15) is 30.0 Å². The quantitative estimate of drug-likeness (QED) is 0.212. The maximum atomic E-state index is 13.2. The zero-order valence-corrected chi connectivity index (χ0v) is 20.2. The lowest BCUT2D eigenvalue weighted by Gasteiger charge is -2.28. The molecule has 34 heavy (non-hydrogen) atoms. The SMILES string of the molecule is CC(OCc1nccs1)N(C(=O)C(=N)CSCCC(F)(F)F)c1cn(-c2cccnc2)nc1Cl. The Kier molecular flexibility index (Phi) is 9.05. The highest BCUT2D eigenvalue weighted by atomic mass is 35.5. The van der Waals surface area contributed by atoms with Crippen LogP contribution in [-0.2, 0) is 16.1 Å². The molecule has 1 atom stereocenters. The predicted octanol–water partition coefficient (Wildman–Crippen LogP) is 4.98. The van der Waals surface area contributed by atoms with E-state index in [4.69, 9.17) is 21.7 Å². The second kappa shape index (κ2) is 11.8. The number of rotatable bonds is 11. The van der Waals surface area contributed by atoms with E-state index >= 15 is 0 Å². The number of amides is 1. The number of carbonyl (C=O) groups excluding carboxylic acids is 1. The van der Waals surface area contributed by atoms with Gasteiger partial charge in [0.1, 0.15) is 29.2 Å². The number of thiazole rings is 1. The number of ether oxygens (including phenoxy) is 1. The first-order valence-electron chi connectivity index (χ1n) is 9.86. The van der Waals surface area contributed by atoms with E-state index in [0.29, 0.717) is 10.7 Å². The Morgan fingerprint density at radius 1 is 1.41 bits per heavy atom. The van der Waals surface area contributed by atoms with Crippen LogP contribution in [0.4, 0.5) is 18.9 Å². The summed E-state index contributed by atoms with van der Waals surface area (Å²) in [6.45, 7) is 1.72. The molecule has 0 bridgehead atoms. The molecular formula is C20H20ClF3N6O2S2. The van der Waals surface area contributed by atoms with E-state index in [1.165, 1.54) is 27.1 Å². The molecule has 0 radical (unpaired) electrons. The van der Waals surface area contributed by atoms with Gasteiger partial charge in [0.05, 0.1) is 24.5 Å². The largest absolute Gasteiger partial charge is 0.389 e. The molecule has 14 heteroatoms. The van der Waals surface area contributed by atoms with E-state index in [1.54, 1.807) is 43.0 Å². The number of pyridine rings is 1. The van der Waals surface area contributed by atoms with Gasteiger partial charge in [-0.3, -0.25) is 20.1 Å². The van der Waals surface area contributed by atoms with E-state index < -0.39 is 24.7 Å². The molecule has 3 heterocycles. The van der Waals surface area contributed by atoms with Crippen LogP contribution in [0.1, 0.15) is 18.4 Å². The highest BCUT2D eigenvalue weighted by molar-refractivity contribution is 8.00. The minimum absolute atomic E-state index is 0.0144. The van der Waals surface area contributed by atoms with Crippen LogP contribution >= 0.6 is 34.7 Å². The van der Waals surface area contributed by atoms with Crippen molar-refractivity contribution in [1.29, 1.82) is 5.41 Å². The van der Waals surface area contributed by atoms with Gasteiger partial charge < -0.3 is 4.74 Å². The van der Waals surface area contributed by atoms with Gasteiger partial charge in [-0.1, -0.05) is 11.6 Å². The number of carbonyl (C=O) groups is 1. The molecule has 1 unspecified atom stereocenters. The third-order valence-corrected chi connectivity index (χ3v) is 6.38. The molecular weight excluding hydrogens is 513 g/mol. The first-order chi connectivity index (χ1) is 16.2. The van der Waals surface area contributed by atoms with Gasteiger partial charge in [-0.15, -0.1) is 11.3 Å². The number of anilines is 1. The number of nitrogens with zero attached hydrogens (tertiary/aromatic N) is 5. The van der Waals surface area contributed by atoms with Crippen LogP contribution in [0, 0.1) is 5.41 Å². The first kappa shape index (κ1) is 26.1. The van der Waals surface area contributed by atoms with Gasteiger partial charge in [-0.25, -0.2) is 9.67 Å². The van der Waals surface area contributed by atoms with E-state index in [1.807, 2.05) is 0 Å². The van der Waals surface area contributed by atoms with Crippen molar-refractivity contribution in [1.82, 2.24) is 19.7 Å². The van der Waals surface area contributed by atoms with Crippen LogP contribution in [0.3, 0.4) is 0 Å². The molecule has 3 rings (SSSR count). The summed E-state index contributed by atoms with van der Waals surface area (Å²) in [5.74, 6) is -1.20. The summed E-state index contributed by atoms with van der Waals surface area (Å²) in [5, 5.41) is 14.9. The molecule has 0 fully saturated rings. The molecule has 1 N–H and O–H groups in total. The maximum Gasteiger partial charge on any atom is 0.389 e. The van der Waals surface area contributed by atoms with Crippen molar-refractivity contribution in [2.24, 2.45) is 0 Å². The third-order valence-electron chi connectivity index (χ3n) is 4.37. The molecule has 0 saturated heterocycles. The lowest BCUT2D eigenvalue weighted by molar-refractivity contribution is -0.129. The normalized spacial score (nSPS) is 12.5. The number of alkyl halides is 3.